The molecule has 5 rings (SSSR count). The Morgan fingerprint density at radius 3 is 2.37 bits per heavy atom. The first-order chi connectivity index (χ1) is 14.4. The van der Waals surface area contributed by atoms with Crippen LogP contribution in [0.2, 0.25) is 0 Å². The fourth-order valence-corrected chi connectivity index (χ4v) is 9.41. The van der Waals surface area contributed by atoms with E-state index in [9.17, 15) is 9.59 Å². The molecule has 30 heavy (non-hydrogen) atoms. The Morgan fingerprint density at radius 2 is 1.63 bits per heavy atom. The number of rotatable bonds is 3. The van der Waals surface area contributed by atoms with Gasteiger partial charge in [0.15, 0.2) is 0 Å². The highest BCUT2D eigenvalue weighted by atomic mass is 16.2. The number of hydrogen-bond donors (Lipinski definition) is 0. The predicted octanol–water partition coefficient (Wildman–Crippen LogP) is 5.01. The van der Waals surface area contributed by atoms with E-state index in [0.717, 1.165) is 30.6 Å². The van der Waals surface area contributed by atoms with Crippen LogP contribution in [0.1, 0.15) is 97.3 Å². The Labute approximate surface area is 183 Å². The van der Waals surface area contributed by atoms with Crippen LogP contribution in [0.3, 0.4) is 0 Å². The van der Waals surface area contributed by atoms with E-state index < -0.39 is 0 Å². The molecule has 5 aliphatic rings. The molecule has 1 aliphatic heterocycles. The second-order valence-electron chi connectivity index (χ2n) is 12.0. The molecule has 0 spiro atoms. The fourth-order valence-electron chi connectivity index (χ4n) is 9.41. The zero-order chi connectivity index (χ0) is 21.1. The maximum absolute atomic E-state index is 12.4. The quantitative estimate of drug-likeness (QED) is 0.609. The monoisotopic (exact) mass is 414 g/mol. The summed E-state index contributed by atoms with van der Waals surface area (Å²) in [5, 5.41) is 0. The SMILES string of the molecule is CN1C(=O)CC[C@]2(C)C3CC[C@@]4(C)C(CC[C@@H]4N(C=O)C4CCCCC4)C3CC[C@@H]12. The van der Waals surface area contributed by atoms with Crippen molar-refractivity contribution < 1.29 is 9.59 Å². The van der Waals surface area contributed by atoms with Crippen LogP contribution < -0.4 is 0 Å². The van der Waals surface area contributed by atoms with Crippen molar-refractivity contribution in [3.8, 4) is 0 Å². The third-order valence-corrected chi connectivity index (χ3v) is 11.0. The van der Waals surface area contributed by atoms with E-state index in [1.54, 1.807) is 0 Å². The number of carbonyl (C=O) groups excluding carboxylic acids is 2. The van der Waals surface area contributed by atoms with Crippen LogP contribution in [0, 0.1) is 28.6 Å². The Kier molecular flexibility index (Phi) is 5.22. The maximum Gasteiger partial charge on any atom is 0.222 e. The summed E-state index contributed by atoms with van der Waals surface area (Å²) in [4.78, 5) is 29.1. The third kappa shape index (κ3) is 2.91. The number of nitrogens with zero attached hydrogens (tertiary/aromatic N) is 2. The summed E-state index contributed by atoms with van der Waals surface area (Å²) in [5.41, 5.74) is 0.581. The molecule has 1 heterocycles. The van der Waals surface area contributed by atoms with Crippen molar-refractivity contribution in [2.24, 2.45) is 28.6 Å². The Morgan fingerprint density at radius 1 is 0.900 bits per heavy atom. The summed E-state index contributed by atoms with van der Waals surface area (Å²) < 4.78 is 0. The highest BCUT2D eigenvalue weighted by Gasteiger charge is 2.62. The van der Waals surface area contributed by atoms with E-state index in [-0.39, 0.29) is 0 Å². The Hall–Kier alpha value is -1.06. The van der Waals surface area contributed by atoms with Gasteiger partial charge in [-0.2, -0.15) is 0 Å². The number of hydrogen-bond acceptors (Lipinski definition) is 2. The molecular weight excluding hydrogens is 372 g/mol. The molecule has 0 aromatic heterocycles. The first kappa shape index (κ1) is 20.8. The third-order valence-electron chi connectivity index (χ3n) is 11.0. The molecule has 168 valence electrons. The second-order valence-corrected chi connectivity index (χ2v) is 12.0. The fraction of sp³-hybridized carbons (Fsp3) is 0.923. The van der Waals surface area contributed by atoms with Crippen LogP contribution in [0.15, 0.2) is 0 Å². The zero-order valence-electron chi connectivity index (χ0n) is 19.4. The van der Waals surface area contributed by atoms with Crippen LogP contribution in [0.5, 0.6) is 0 Å². The lowest BCUT2D eigenvalue weighted by atomic mass is 9.47. The van der Waals surface area contributed by atoms with E-state index in [0.29, 0.717) is 34.9 Å². The van der Waals surface area contributed by atoms with Gasteiger partial charge in [-0.1, -0.05) is 33.1 Å². The van der Waals surface area contributed by atoms with Crippen LogP contribution in [0.25, 0.3) is 0 Å². The molecule has 7 atom stereocenters. The van der Waals surface area contributed by atoms with Crippen LogP contribution >= 0.6 is 0 Å². The van der Waals surface area contributed by atoms with E-state index in [1.807, 2.05) is 0 Å². The summed E-state index contributed by atoms with van der Waals surface area (Å²) in [6.45, 7) is 5.04. The summed E-state index contributed by atoms with van der Waals surface area (Å²) in [7, 11) is 2.05. The van der Waals surface area contributed by atoms with Crippen molar-refractivity contribution in [1.82, 2.24) is 9.80 Å². The minimum atomic E-state index is 0.290. The average Bonchev–Trinajstić information content (AvgIpc) is 3.10. The van der Waals surface area contributed by atoms with E-state index in [2.05, 4.69) is 30.7 Å². The molecule has 4 aliphatic carbocycles. The van der Waals surface area contributed by atoms with Crippen molar-refractivity contribution in [3.63, 3.8) is 0 Å². The molecule has 3 unspecified atom stereocenters. The van der Waals surface area contributed by atoms with Gasteiger partial charge in [0, 0.05) is 31.6 Å². The molecule has 1 saturated heterocycles. The topological polar surface area (TPSA) is 40.6 Å². The van der Waals surface area contributed by atoms with Crippen LogP contribution in [-0.2, 0) is 9.59 Å². The predicted molar refractivity (Wildman–Crippen MR) is 119 cm³/mol. The van der Waals surface area contributed by atoms with Crippen molar-refractivity contribution in [1.29, 1.82) is 0 Å². The second kappa shape index (κ2) is 7.52. The molecule has 0 radical (unpaired) electrons. The zero-order valence-corrected chi connectivity index (χ0v) is 19.4. The Bertz CT molecular complexity index is 689. The molecule has 0 bridgehead atoms. The summed E-state index contributed by atoms with van der Waals surface area (Å²) >= 11 is 0. The summed E-state index contributed by atoms with van der Waals surface area (Å²) in [5.74, 6) is 2.65. The molecule has 0 aromatic carbocycles. The minimum absolute atomic E-state index is 0.290. The number of piperidine rings is 1. The van der Waals surface area contributed by atoms with Gasteiger partial charge in [-0.05, 0) is 86.4 Å². The van der Waals surface area contributed by atoms with Gasteiger partial charge >= 0.3 is 0 Å². The lowest BCUT2D eigenvalue weighted by Crippen LogP contribution is -2.62. The van der Waals surface area contributed by atoms with Crippen molar-refractivity contribution in [2.45, 2.75) is 115 Å². The lowest BCUT2D eigenvalue weighted by Gasteiger charge is -2.62. The van der Waals surface area contributed by atoms with Gasteiger partial charge in [0.25, 0.3) is 0 Å². The van der Waals surface area contributed by atoms with Crippen molar-refractivity contribution in [2.75, 3.05) is 7.05 Å². The highest BCUT2D eigenvalue weighted by Crippen LogP contribution is 2.65. The molecule has 4 nitrogen and oxygen atoms in total. The minimum Gasteiger partial charge on any atom is -0.342 e. The van der Waals surface area contributed by atoms with Gasteiger partial charge in [0.05, 0.1) is 0 Å². The molecule has 2 amide bonds. The maximum atomic E-state index is 12.4. The molecule has 0 aromatic rings. The lowest BCUT2D eigenvalue weighted by molar-refractivity contribution is -0.159. The summed E-state index contributed by atoms with van der Waals surface area (Å²) in [6, 6.07) is 1.38. The Balaban J connectivity index is 1.39. The number of fused-ring (bicyclic) bond motifs is 5. The molecular formula is C26H42N2O2. The van der Waals surface area contributed by atoms with Crippen LogP contribution in [0.4, 0.5) is 0 Å². The van der Waals surface area contributed by atoms with Crippen molar-refractivity contribution >= 4 is 12.3 Å². The first-order valence-electron chi connectivity index (χ1n) is 12.9. The van der Waals surface area contributed by atoms with E-state index in [1.165, 1.54) is 77.0 Å². The van der Waals surface area contributed by atoms with E-state index >= 15 is 0 Å². The van der Waals surface area contributed by atoms with Gasteiger partial charge in [0.2, 0.25) is 12.3 Å². The van der Waals surface area contributed by atoms with Gasteiger partial charge < -0.3 is 9.80 Å². The van der Waals surface area contributed by atoms with Gasteiger partial charge in [-0.25, -0.2) is 0 Å². The highest BCUT2D eigenvalue weighted by molar-refractivity contribution is 5.77. The van der Waals surface area contributed by atoms with Gasteiger partial charge in [-0.3, -0.25) is 9.59 Å². The summed E-state index contributed by atoms with van der Waals surface area (Å²) in [6.07, 6.45) is 16.9. The molecule has 5 fully saturated rings. The number of likely N-dealkylation sites (tertiary alicyclic amines) is 1. The molecule has 4 saturated carbocycles. The van der Waals surface area contributed by atoms with Gasteiger partial charge in [-0.15, -0.1) is 0 Å². The van der Waals surface area contributed by atoms with Crippen molar-refractivity contribution in [3.05, 3.63) is 0 Å². The smallest absolute Gasteiger partial charge is 0.222 e. The molecule has 0 N–H and O–H groups in total. The normalized spacial score (nSPS) is 46.7. The number of carbonyl (C=O) groups is 2. The first-order valence-corrected chi connectivity index (χ1v) is 12.9. The van der Waals surface area contributed by atoms with E-state index in [4.69, 9.17) is 0 Å². The number of amides is 2. The largest absolute Gasteiger partial charge is 0.342 e. The average molecular weight is 415 g/mol. The van der Waals surface area contributed by atoms with Gasteiger partial charge in [0.1, 0.15) is 0 Å². The molecule has 4 heteroatoms. The van der Waals surface area contributed by atoms with Crippen LogP contribution in [-0.4, -0.2) is 47.3 Å². The standard InChI is InChI=1S/C26H42N2O2/c1-25-16-14-24(30)27(3)22(25)11-9-19-20-10-12-23(26(20,2)15-13-21(19)25)28(17-29)18-7-5-4-6-8-18/h17-23H,4-16H2,1-3H3/t19?,20?,21?,22-,23+,25-,26+/m1/s1.